The number of likely N-dealkylation sites (N-methyl/N-ethyl adjacent to an activating group) is 1. The molecule has 0 aromatic rings. The summed E-state index contributed by atoms with van der Waals surface area (Å²) in [5.74, 6) is 0.769. The minimum absolute atomic E-state index is 0.0787. The van der Waals surface area contributed by atoms with Crippen LogP contribution in [-0.2, 0) is 9.53 Å². The van der Waals surface area contributed by atoms with Crippen LogP contribution in [0.3, 0.4) is 0 Å². The molecule has 4 heteroatoms. The van der Waals surface area contributed by atoms with Gasteiger partial charge >= 0.3 is 5.97 Å². The van der Waals surface area contributed by atoms with E-state index in [-0.39, 0.29) is 5.97 Å². The summed E-state index contributed by atoms with van der Waals surface area (Å²) in [5.41, 5.74) is -0.438. The Hall–Kier alpha value is -0.610. The second-order valence-electron chi connectivity index (χ2n) is 6.57. The number of nitrogens with zero attached hydrogens (tertiary/aromatic N) is 1. The van der Waals surface area contributed by atoms with Crippen molar-refractivity contribution in [2.45, 2.75) is 64.0 Å². The molecule has 4 nitrogen and oxygen atoms in total. The number of rotatable bonds is 4. The van der Waals surface area contributed by atoms with E-state index in [2.05, 4.69) is 24.1 Å². The molecule has 0 aromatic carbocycles. The number of carbonyl (C=O) groups excluding carboxylic acids is 1. The maximum Gasteiger partial charge on any atom is 0.326 e. The van der Waals surface area contributed by atoms with E-state index in [9.17, 15) is 4.79 Å². The molecule has 116 valence electrons. The maximum atomic E-state index is 12.2. The standard InChI is InChI=1S/C16H30N2O2/c1-4-17-16(15(19)20-3)9-7-14(12-16)18-10-5-6-13(2)8-11-18/h13-14,17H,4-12H2,1-3H3. The Kier molecular flexibility index (Phi) is 5.44. The van der Waals surface area contributed by atoms with Gasteiger partial charge in [-0.2, -0.15) is 0 Å². The Morgan fingerprint density at radius 2 is 2.15 bits per heavy atom. The van der Waals surface area contributed by atoms with Crippen LogP contribution in [0, 0.1) is 5.92 Å². The van der Waals surface area contributed by atoms with Crippen LogP contribution < -0.4 is 5.32 Å². The molecule has 0 bridgehead atoms. The van der Waals surface area contributed by atoms with Crippen molar-refractivity contribution in [3.05, 3.63) is 0 Å². The molecule has 1 aliphatic heterocycles. The monoisotopic (exact) mass is 282 g/mol. The number of carbonyl (C=O) groups is 1. The molecular weight excluding hydrogens is 252 g/mol. The maximum absolute atomic E-state index is 12.2. The fourth-order valence-electron chi connectivity index (χ4n) is 3.93. The van der Waals surface area contributed by atoms with Crippen molar-refractivity contribution in [3.63, 3.8) is 0 Å². The van der Waals surface area contributed by atoms with Crippen molar-refractivity contribution < 1.29 is 9.53 Å². The largest absolute Gasteiger partial charge is 0.468 e. The highest BCUT2D eigenvalue weighted by molar-refractivity contribution is 5.81. The minimum Gasteiger partial charge on any atom is -0.468 e. The van der Waals surface area contributed by atoms with Crippen molar-refractivity contribution in [1.29, 1.82) is 0 Å². The van der Waals surface area contributed by atoms with E-state index in [0.29, 0.717) is 6.04 Å². The fraction of sp³-hybridized carbons (Fsp3) is 0.938. The van der Waals surface area contributed by atoms with Crippen LogP contribution in [0.5, 0.6) is 0 Å². The topological polar surface area (TPSA) is 41.6 Å². The number of nitrogens with one attached hydrogen (secondary N) is 1. The van der Waals surface area contributed by atoms with Gasteiger partial charge in [-0.05, 0) is 64.1 Å². The lowest BCUT2D eigenvalue weighted by atomic mass is 9.97. The lowest BCUT2D eigenvalue weighted by Crippen LogP contribution is -2.52. The van der Waals surface area contributed by atoms with Crippen molar-refractivity contribution in [2.75, 3.05) is 26.7 Å². The Morgan fingerprint density at radius 1 is 1.35 bits per heavy atom. The van der Waals surface area contributed by atoms with Crippen LogP contribution in [-0.4, -0.2) is 49.2 Å². The van der Waals surface area contributed by atoms with E-state index in [0.717, 1.165) is 31.7 Å². The summed E-state index contributed by atoms with van der Waals surface area (Å²) in [6.07, 6.45) is 6.86. The predicted molar refractivity (Wildman–Crippen MR) is 80.7 cm³/mol. The van der Waals surface area contributed by atoms with Gasteiger partial charge in [0.05, 0.1) is 7.11 Å². The SMILES string of the molecule is CCNC1(C(=O)OC)CCC(N2CCCC(C)CC2)C1. The average Bonchev–Trinajstić information content (AvgIpc) is 2.75. The summed E-state index contributed by atoms with van der Waals surface area (Å²) >= 11 is 0. The van der Waals surface area contributed by atoms with Crippen LogP contribution >= 0.6 is 0 Å². The van der Waals surface area contributed by atoms with Gasteiger partial charge in [-0.25, -0.2) is 0 Å². The van der Waals surface area contributed by atoms with Crippen molar-refractivity contribution in [1.82, 2.24) is 10.2 Å². The van der Waals surface area contributed by atoms with Crippen LogP contribution in [0.4, 0.5) is 0 Å². The molecule has 1 saturated carbocycles. The molecule has 3 atom stereocenters. The van der Waals surface area contributed by atoms with Crippen LogP contribution in [0.1, 0.15) is 52.4 Å². The van der Waals surface area contributed by atoms with Crippen LogP contribution in [0.15, 0.2) is 0 Å². The first-order valence-electron chi connectivity index (χ1n) is 8.19. The number of esters is 1. The summed E-state index contributed by atoms with van der Waals surface area (Å²) in [6.45, 7) is 7.62. The van der Waals surface area contributed by atoms with E-state index in [1.54, 1.807) is 0 Å². The van der Waals surface area contributed by atoms with Crippen molar-refractivity contribution in [3.8, 4) is 0 Å². The Balaban J connectivity index is 2.00. The molecule has 1 heterocycles. The quantitative estimate of drug-likeness (QED) is 0.803. The summed E-state index contributed by atoms with van der Waals surface area (Å²) in [7, 11) is 1.50. The van der Waals surface area contributed by atoms with E-state index in [1.807, 2.05) is 0 Å². The summed E-state index contributed by atoms with van der Waals surface area (Å²) in [4.78, 5) is 14.8. The molecular formula is C16H30N2O2. The Labute approximate surface area is 123 Å². The number of likely N-dealkylation sites (tertiary alicyclic amines) is 1. The molecule has 2 fully saturated rings. The minimum atomic E-state index is -0.438. The van der Waals surface area contributed by atoms with Crippen molar-refractivity contribution >= 4 is 5.97 Å². The number of ether oxygens (including phenoxy) is 1. The van der Waals surface area contributed by atoms with Gasteiger partial charge in [0.15, 0.2) is 0 Å². The summed E-state index contributed by atoms with van der Waals surface area (Å²) in [6, 6.07) is 0.540. The lowest BCUT2D eigenvalue weighted by Gasteiger charge is -2.31. The third-order valence-electron chi connectivity index (χ3n) is 5.15. The Bertz CT molecular complexity index is 334. The smallest absolute Gasteiger partial charge is 0.326 e. The first-order valence-corrected chi connectivity index (χ1v) is 8.19. The molecule has 1 N–H and O–H groups in total. The second kappa shape index (κ2) is 6.90. The molecule has 2 aliphatic rings. The fourth-order valence-corrected chi connectivity index (χ4v) is 3.93. The van der Waals surface area contributed by atoms with Gasteiger partial charge in [0.2, 0.25) is 0 Å². The third kappa shape index (κ3) is 3.34. The van der Waals surface area contributed by atoms with Gasteiger partial charge in [-0.15, -0.1) is 0 Å². The zero-order valence-corrected chi connectivity index (χ0v) is 13.3. The number of methoxy groups -OCH3 is 1. The van der Waals surface area contributed by atoms with Crippen LogP contribution in [0.2, 0.25) is 0 Å². The molecule has 0 spiro atoms. The lowest BCUT2D eigenvalue weighted by molar-refractivity contribution is -0.148. The molecule has 20 heavy (non-hydrogen) atoms. The molecule has 0 aromatic heterocycles. The summed E-state index contributed by atoms with van der Waals surface area (Å²) in [5, 5.41) is 3.40. The van der Waals surface area contributed by atoms with E-state index >= 15 is 0 Å². The average molecular weight is 282 g/mol. The first kappa shape index (κ1) is 15.8. The molecule has 3 unspecified atom stereocenters. The van der Waals surface area contributed by atoms with E-state index < -0.39 is 5.54 Å². The van der Waals surface area contributed by atoms with Gasteiger partial charge in [0, 0.05) is 6.04 Å². The molecule has 0 radical (unpaired) electrons. The van der Waals surface area contributed by atoms with Crippen molar-refractivity contribution in [2.24, 2.45) is 5.92 Å². The normalized spacial score (nSPS) is 35.8. The number of hydrogen-bond acceptors (Lipinski definition) is 4. The van der Waals surface area contributed by atoms with Gasteiger partial charge in [0.25, 0.3) is 0 Å². The second-order valence-corrected chi connectivity index (χ2v) is 6.57. The Morgan fingerprint density at radius 3 is 2.85 bits per heavy atom. The van der Waals surface area contributed by atoms with Gasteiger partial charge in [-0.1, -0.05) is 13.8 Å². The highest BCUT2D eigenvalue weighted by atomic mass is 16.5. The first-order chi connectivity index (χ1) is 9.61. The van der Waals surface area contributed by atoms with Gasteiger partial charge in [0.1, 0.15) is 5.54 Å². The predicted octanol–water partition coefficient (Wildman–Crippen LogP) is 2.18. The van der Waals surface area contributed by atoms with Gasteiger partial charge in [-0.3, -0.25) is 4.79 Å². The zero-order valence-electron chi connectivity index (χ0n) is 13.3. The zero-order chi connectivity index (χ0) is 14.6. The number of hydrogen-bond donors (Lipinski definition) is 1. The van der Waals surface area contributed by atoms with Gasteiger partial charge < -0.3 is 15.0 Å². The molecule has 0 amide bonds. The summed E-state index contributed by atoms with van der Waals surface area (Å²) < 4.78 is 5.05. The molecule has 1 aliphatic carbocycles. The molecule has 2 rings (SSSR count). The van der Waals surface area contributed by atoms with Crippen LogP contribution in [0.25, 0.3) is 0 Å². The highest BCUT2D eigenvalue weighted by Gasteiger charge is 2.47. The van der Waals surface area contributed by atoms with E-state index in [4.69, 9.17) is 4.74 Å². The third-order valence-corrected chi connectivity index (χ3v) is 5.15. The van der Waals surface area contributed by atoms with E-state index in [1.165, 1.54) is 39.5 Å². The molecule has 1 saturated heterocycles. The highest BCUT2D eigenvalue weighted by Crippen LogP contribution is 2.35.